The van der Waals surface area contributed by atoms with Crippen molar-refractivity contribution in [2.45, 2.75) is 52.4 Å². The highest BCUT2D eigenvalue weighted by Gasteiger charge is 2.29. The molecule has 1 saturated carbocycles. The third-order valence-electron chi connectivity index (χ3n) is 5.09. The Morgan fingerprint density at radius 1 is 1.04 bits per heavy atom. The van der Waals surface area contributed by atoms with Gasteiger partial charge in [0.25, 0.3) is 0 Å². The summed E-state index contributed by atoms with van der Waals surface area (Å²) in [6, 6.07) is 7.71. The third kappa shape index (κ3) is 6.99. The summed E-state index contributed by atoms with van der Waals surface area (Å²) < 4.78 is 0. The summed E-state index contributed by atoms with van der Waals surface area (Å²) in [6.45, 7) is 5.68. The molecule has 2 rings (SSSR count). The average molecular weight is 379 g/mol. The molecule has 2 N–H and O–H groups in total. The van der Waals surface area contributed by atoms with Crippen molar-refractivity contribution >= 4 is 23.4 Å². The lowest BCUT2D eigenvalue weighted by Crippen LogP contribution is -2.38. The van der Waals surface area contributed by atoms with Crippen LogP contribution in [0.25, 0.3) is 0 Å². The number of halogens is 1. The largest absolute Gasteiger partial charge is 0.356 e. The van der Waals surface area contributed by atoms with E-state index in [0.717, 1.165) is 55.7 Å². The van der Waals surface area contributed by atoms with Crippen molar-refractivity contribution in [2.75, 3.05) is 13.1 Å². The highest BCUT2D eigenvalue weighted by Crippen LogP contribution is 2.29. The lowest BCUT2D eigenvalue weighted by atomic mass is 9.81. The molecule has 0 spiro atoms. The van der Waals surface area contributed by atoms with Gasteiger partial charge in [0.05, 0.1) is 0 Å². The fourth-order valence-corrected chi connectivity index (χ4v) is 3.63. The van der Waals surface area contributed by atoms with Crippen molar-refractivity contribution in [3.05, 3.63) is 34.9 Å². The second kappa shape index (κ2) is 10.6. The number of amides is 2. The van der Waals surface area contributed by atoms with Gasteiger partial charge >= 0.3 is 0 Å². The van der Waals surface area contributed by atoms with Crippen LogP contribution in [-0.2, 0) is 16.0 Å². The van der Waals surface area contributed by atoms with Gasteiger partial charge in [-0.15, -0.1) is 0 Å². The fourth-order valence-electron chi connectivity index (χ4n) is 3.41. The molecule has 26 heavy (non-hydrogen) atoms. The van der Waals surface area contributed by atoms with Crippen molar-refractivity contribution in [3.8, 4) is 0 Å². The summed E-state index contributed by atoms with van der Waals surface area (Å²) in [6.07, 6.45) is 4.99. The summed E-state index contributed by atoms with van der Waals surface area (Å²) in [7, 11) is 0. The van der Waals surface area contributed by atoms with E-state index in [0.29, 0.717) is 12.5 Å². The Balaban J connectivity index is 1.65. The van der Waals surface area contributed by atoms with Gasteiger partial charge in [-0.3, -0.25) is 9.59 Å². The summed E-state index contributed by atoms with van der Waals surface area (Å²) in [4.78, 5) is 24.5. The van der Waals surface area contributed by atoms with Gasteiger partial charge in [-0.25, -0.2) is 0 Å². The van der Waals surface area contributed by atoms with E-state index >= 15 is 0 Å². The second-order valence-electron chi connectivity index (χ2n) is 7.69. The van der Waals surface area contributed by atoms with Crippen LogP contribution >= 0.6 is 11.6 Å². The molecule has 0 heterocycles. The number of nitrogens with one attached hydrogen (secondary N) is 2. The molecule has 0 bridgehead atoms. The lowest BCUT2D eigenvalue weighted by Gasteiger charge is -2.27. The molecule has 0 radical (unpaired) electrons. The molecule has 144 valence electrons. The highest BCUT2D eigenvalue weighted by molar-refractivity contribution is 6.30. The smallest absolute Gasteiger partial charge is 0.223 e. The normalized spacial score (nSPS) is 20.0. The van der Waals surface area contributed by atoms with Gasteiger partial charge in [-0.05, 0) is 62.1 Å². The molecule has 0 unspecified atom stereocenters. The quantitative estimate of drug-likeness (QED) is 0.719. The summed E-state index contributed by atoms with van der Waals surface area (Å²) >= 11 is 5.97. The minimum atomic E-state index is 0.0362. The molecule has 1 fully saturated rings. The Hall–Kier alpha value is -1.55. The van der Waals surface area contributed by atoms with Gasteiger partial charge in [0.2, 0.25) is 11.8 Å². The molecular formula is C21H31ClN2O2. The number of carbonyl (C=O) groups is 2. The minimum absolute atomic E-state index is 0.0362. The van der Waals surface area contributed by atoms with Crippen LogP contribution in [0.15, 0.2) is 24.3 Å². The highest BCUT2D eigenvalue weighted by atomic mass is 35.5. The second-order valence-corrected chi connectivity index (χ2v) is 8.13. The van der Waals surface area contributed by atoms with Crippen molar-refractivity contribution < 1.29 is 9.59 Å². The summed E-state index contributed by atoms with van der Waals surface area (Å²) in [5.74, 6) is 0.976. The van der Waals surface area contributed by atoms with Crippen LogP contribution in [0, 0.1) is 17.8 Å². The Morgan fingerprint density at radius 2 is 1.62 bits per heavy atom. The predicted octanol–water partition coefficient (Wildman–Crippen LogP) is 3.97. The van der Waals surface area contributed by atoms with E-state index in [4.69, 9.17) is 11.6 Å². The van der Waals surface area contributed by atoms with Gasteiger partial charge in [-0.2, -0.15) is 0 Å². The van der Waals surface area contributed by atoms with Crippen molar-refractivity contribution in [1.82, 2.24) is 10.6 Å². The topological polar surface area (TPSA) is 58.2 Å². The van der Waals surface area contributed by atoms with Gasteiger partial charge in [0, 0.05) is 29.9 Å². The number of hydrogen-bond donors (Lipinski definition) is 2. The van der Waals surface area contributed by atoms with E-state index in [1.807, 2.05) is 24.3 Å². The zero-order valence-corrected chi connectivity index (χ0v) is 16.6. The SMILES string of the molecule is CC(C)CCNC(=O)C1CCC(C(=O)NCCc2cccc(Cl)c2)CC1. The standard InChI is InChI=1S/C21H31ClN2O2/c1-15(2)10-12-23-20(25)17-6-8-18(9-7-17)21(26)24-13-11-16-4-3-5-19(22)14-16/h3-5,14-15,17-18H,6-13H2,1-2H3,(H,23,25)(H,24,26). The molecule has 0 saturated heterocycles. The maximum absolute atomic E-state index is 12.3. The van der Waals surface area contributed by atoms with Crippen LogP contribution in [-0.4, -0.2) is 24.9 Å². The molecule has 5 heteroatoms. The van der Waals surface area contributed by atoms with Gasteiger partial charge in [-0.1, -0.05) is 37.6 Å². The van der Waals surface area contributed by atoms with Crippen LogP contribution in [0.5, 0.6) is 0 Å². The molecule has 4 nitrogen and oxygen atoms in total. The molecule has 1 aliphatic carbocycles. The van der Waals surface area contributed by atoms with Crippen LogP contribution in [0.4, 0.5) is 0 Å². The van der Waals surface area contributed by atoms with E-state index in [-0.39, 0.29) is 23.7 Å². The molecule has 0 aromatic heterocycles. The van der Waals surface area contributed by atoms with E-state index in [9.17, 15) is 9.59 Å². The third-order valence-corrected chi connectivity index (χ3v) is 5.33. The molecule has 2 amide bonds. The van der Waals surface area contributed by atoms with E-state index in [1.165, 1.54) is 0 Å². The van der Waals surface area contributed by atoms with Crippen LogP contribution in [0.2, 0.25) is 5.02 Å². The Kier molecular flexibility index (Phi) is 8.43. The van der Waals surface area contributed by atoms with Crippen molar-refractivity contribution in [3.63, 3.8) is 0 Å². The van der Waals surface area contributed by atoms with E-state index in [1.54, 1.807) is 0 Å². The molecule has 1 aliphatic rings. The lowest BCUT2D eigenvalue weighted by molar-refractivity contribution is -0.130. The van der Waals surface area contributed by atoms with Crippen LogP contribution in [0.3, 0.4) is 0 Å². The Bertz CT molecular complexity index is 595. The molecular weight excluding hydrogens is 348 g/mol. The number of rotatable bonds is 8. The van der Waals surface area contributed by atoms with Crippen molar-refractivity contribution in [2.24, 2.45) is 17.8 Å². The Labute approximate surface area is 162 Å². The van der Waals surface area contributed by atoms with Gasteiger partial charge in [0.1, 0.15) is 0 Å². The molecule has 0 aliphatic heterocycles. The summed E-state index contributed by atoms with van der Waals surface area (Å²) in [5.41, 5.74) is 1.12. The fraction of sp³-hybridized carbons (Fsp3) is 0.619. The maximum Gasteiger partial charge on any atom is 0.223 e. The van der Waals surface area contributed by atoms with E-state index < -0.39 is 0 Å². The maximum atomic E-state index is 12.3. The summed E-state index contributed by atoms with van der Waals surface area (Å²) in [5, 5.41) is 6.78. The first-order valence-corrected chi connectivity index (χ1v) is 10.1. The van der Waals surface area contributed by atoms with Crippen LogP contribution in [0.1, 0.15) is 51.5 Å². The number of benzene rings is 1. The van der Waals surface area contributed by atoms with E-state index in [2.05, 4.69) is 24.5 Å². The zero-order valence-electron chi connectivity index (χ0n) is 15.9. The first kappa shape index (κ1) is 20.8. The first-order valence-electron chi connectivity index (χ1n) is 9.75. The first-order chi connectivity index (χ1) is 12.5. The zero-order chi connectivity index (χ0) is 18.9. The van der Waals surface area contributed by atoms with Gasteiger partial charge in [0.15, 0.2) is 0 Å². The number of hydrogen-bond acceptors (Lipinski definition) is 2. The number of carbonyl (C=O) groups excluding carboxylic acids is 2. The molecule has 1 aromatic carbocycles. The van der Waals surface area contributed by atoms with Crippen LogP contribution < -0.4 is 10.6 Å². The Morgan fingerprint density at radius 3 is 2.15 bits per heavy atom. The predicted molar refractivity (Wildman–Crippen MR) is 106 cm³/mol. The molecule has 1 aromatic rings. The molecule has 0 atom stereocenters. The van der Waals surface area contributed by atoms with Crippen molar-refractivity contribution in [1.29, 1.82) is 0 Å². The van der Waals surface area contributed by atoms with Gasteiger partial charge < -0.3 is 10.6 Å². The average Bonchev–Trinajstić information content (AvgIpc) is 2.61. The monoisotopic (exact) mass is 378 g/mol. The minimum Gasteiger partial charge on any atom is -0.356 e.